The number of nitrogens with zero attached hydrogens (tertiary/aromatic N) is 2. The van der Waals surface area contributed by atoms with Crippen molar-refractivity contribution in [3.63, 3.8) is 0 Å². The van der Waals surface area contributed by atoms with Crippen molar-refractivity contribution in [2.24, 2.45) is 0 Å². The van der Waals surface area contributed by atoms with E-state index in [1.54, 1.807) is 0 Å². The average Bonchev–Trinajstić information content (AvgIpc) is 3.20. The minimum Gasteiger partial charge on any atom is -0.489 e. The van der Waals surface area contributed by atoms with Gasteiger partial charge in [-0.25, -0.2) is 4.98 Å². The molecule has 0 amide bonds. The first-order chi connectivity index (χ1) is 15.9. The third-order valence-electron chi connectivity index (χ3n) is 6.24. The number of ether oxygens (including phenoxy) is 1. The lowest BCUT2D eigenvalue weighted by Gasteiger charge is -2.28. The van der Waals surface area contributed by atoms with Crippen molar-refractivity contribution >= 4 is 10.9 Å². The van der Waals surface area contributed by atoms with E-state index in [-0.39, 0.29) is 11.0 Å². The molecule has 2 aromatic carbocycles. The summed E-state index contributed by atoms with van der Waals surface area (Å²) in [4.78, 5) is 26.2. The molecule has 0 bridgehead atoms. The number of aromatic amines is 2. The van der Waals surface area contributed by atoms with Gasteiger partial charge >= 0.3 is 0 Å². The molecule has 1 aliphatic heterocycles. The molecule has 0 fully saturated rings. The monoisotopic (exact) mass is 442 g/mol. The van der Waals surface area contributed by atoms with Crippen molar-refractivity contribution in [1.29, 1.82) is 0 Å². The van der Waals surface area contributed by atoms with Gasteiger partial charge in [-0.05, 0) is 29.3 Å². The van der Waals surface area contributed by atoms with Gasteiger partial charge in [-0.15, -0.1) is 0 Å². The predicted molar refractivity (Wildman–Crippen MR) is 130 cm³/mol. The largest absolute Gasteiger partial charge is 0.489 e. The lowest BCUT2D eigenvalue weighted by Crippen LogP contribution is -2.37. The topological polar surface area (TPSA) is 74.0 Å². The van der Waals surface area contributed by atoms with E-state index in [0.717, 1.165) is 58.8 Å². The Morgan fingerprint density at radius 2 is 1.94 bits per heavy atom. The van der Waals surface area contributed by atoms with Gasteiger partial charge in [-0.2, -0.15) is 0 Å². The molecule has 4 aromatic rings. The highest BCUT2D eigenvalue weighted by Crippen LogP contribution is 2.27. The van der Waals surface area contributed by atoms with Gasteiger partial charge in [0.2, 0.25) is 0 Å². The summed E-state index contributed by atoms with van der Waals surface area (Å²) < 4.78 is 6.03. The van der Waals surface area contributed by atoms with Crippen LogP contribution in [0.15, 0.2) is 59.5 Å². The van der Waals surface area contributed by atoms with E-state index in [4.69, 9.17) is 9.72 Å². The lowest BCUT2D eigenvalue weighted by molar-refractivity contribution is 0.241. The Balaban J connectivity index is 1.33. The van der Waals surface area contributed by atoms with Crippen molar-refractivity contribution in [2.75, 3.05) is 6.54 Å². The van der Waals surface area contributed by atoms with E-state index in [2.05, 4.69) is 66.1 Å². The predicted octanol–water partition coefficient (Wildman–Crippen LogP) is 4.69. The van der Waals surface area contributed by atoms with E-state index >= 15 is 0 Å². The van der Waals surface area contributed by atoms with Crippen LogP contribution in [0.5, 0.6) is 5.75 Å². The zero-order chi connectivity index (χ0) is 23.0. The number of rotatable bonds is 5. The maximum Gasteiger partial charge on any atom is 0.255 e. The molecule has 6 heteroatoms. The molecule has 5 rings (SSSR count). The number of aromatic nitrogens is 3. The van der Waals surface area contributed by atoms with Gasteiger partial charge in [-0.3, -0.25) is 9.69 Å². The molecule has 1 aliphatic rings. The zero-order valence-corrected chi connectivity index (χ0v) is 19.4. The van der Waals surface area contributed by atoms with E-state index in [1.807, 2.05) is 24.3 Å². The molecule has 0 saturated heterocycles. The standard InChI is InChI=1S/C27H30N4O2/c1-27(2,3)26-29-24-11-12-31(16-22(24)25(32)30-26)15-19-14-28-23-10-9-20(13-21(19)23)33-17-18-7-5-4-6-8-18/h4-10,13-14,28H,11-12,15-17H2,1-3H3,(H,29,30,32). The number of hydrogen-bond acceptors (Lipinski definition) is 4. The van der Waals surface area contributed by atoms with Crippen LogP contribution in [0.3, 0.4) is 0 Å². The smallest absolute Gasteiger partial charge is 0.255 e. The normalized spacial score (nSPS) is 14.4. The second-order valence-corrected chi connectivity index (χ2v) is 9.85. The van der Waals surface area contributed by atoms with E-state index in [9.17, 15) is 4.79 Å². The van der Waals surface area contributed by atoms with E-state index < -0.39 is 0 Å². The first-order valence-electron chi connectivity index (χ1n) is 11.5. The first-order valence-corrected chi connectivity index (χ1v) is 11.5. The summed E-state index contributed by atoms with van der Waals surface area (Å²) in [6, 6.07) is 16.3. The Bertz CT molecular complexity index is 1330. The highest BCUT2D eigenvalue weighted by atomic mass is 16.5. The summed E-state index contributed by atoms with van der Waals surface area (Å²) >= 11 is 0. The Kier molecular flexibility index (Phi) is 5.54. The fourth-order valence-electron chi connectivity index (χ4n) is 4.33. The molecule has 0 radical (unpaired) electrons. The van der Waals surface area contributed by atoms with Gasteiger partial charge in [0, 0.05) is 48.6 Å². The molecule has 0 aliphatic carbocycles. The SMILES string of the molecule is CC(C)(C)c1nc2c(c(=O)[nH]1)CN(Cc1c[nH]c3ccc(OCc4ccccc4)cc13)CC2. The van der Waals surface area contributed by atoms with Gasteiger partial charge in [0.15, 0.2) is 0 Å². The Labute approximate surface area is 193 Å². The van der Waals surface area contributed by atoms with Gasteiger partial charge < -0.3 is 14.7 Å². The van der Waals surface area contributed by atoms with Crippen molar-refractivity contribution in [3.05, 3.63) is 93.3 Å². The molecule has 6 nitrogen and oxygen atoms in total. The van der Waals surface area contributed by atoms with Gasteiger partial charge in [0.1, 0.15) is 18.2 Å². The lowest BCUT2D eigenvalue weighted by atomic mass is 9.95. The molecule has 0 spiro atoms. The van der Waals surface area contributed by atoms with Crippen LogP contribution in [0.2, 0.25) is 0 Å². The van der Waals surface area contributed by atoms with Gasteiger partial charge in [-0.1, -0.05) is 51.1 Å². The fraction of sp³-hybridized carbons (Fsp3) is 0.333. The van der Waals surface area contributed by atoms with Crippen LogP contribution in [0, 0.1) is 0 Å². The van der Waals surface area contributed by atoms with Crippen molar-refractivity contribution < 1.29 is 4.74 Å². The van der Waals surface area contributed by atoms with Gasteiger partial charge in [0.25, 0.3) is 5.56 Å². The molecule has 0 saturated carbocycles. The molecule has 0 unspecified atom stereocenters. The highest BCUT2D eigenvalue weighted by molar-refractivity contribution is 5.84. The number of benzene rings is 2. The second kappa shape index (κ2) is 8.52. The number of hydrogen-bond donors (Lipinski definition) is 2. The molecule has 0 atom stereocenters. The van der Waals surface area contributed by atoms with Crippen LogP contribution < -0.4 is 10.3 Å². The highest BCUT2D eigenvalue weighted by Gasteiger charge is 2.25. The average molecular weight is 443 g/mol. The minimum absolute atomic E-state index is 0.00912. The second-order valence-electron chi connectivity index (χ2n) is 9.85. The van der Waals surface area contributed by atoms with Crippen LogP contribution in [0.25, 0.3) is 10.9 Å². The number of nitrogens with one attached hydrogen (secondary N) is 2. The van der Waals surface area contributed by atoms with E-state index in [0.29, 0.717) is 13.2 Å². The maximum absolute atomic E-state index is 12.8. The Morgan fingerprint density at radius 3 is 2.73 bits per heavy atom. The fourth-order valence-corrected chi connectivity index (χ4v) is 4.33. The summed E-state index contributed by atoms with van der Waals surface area (Å²) in [5.74, 6) is 1.62. The quantitative estimate of drug-likeness (QED) is 0.470. The summed E-state index contributed by atoms with van der Waals surface area (Å²) in [6.07, 6.45) is 2.85. The zero-order valence-electron chi connectivity index (χ0n) is 19.4. The number of fused-ring (bicyclic) bond motifs is 2. The first kappa shape index (κ1) is 21.5. The van der Waals surface area contributed by atoms with Crippen molar-refractivity contribution in [1.82, 2.24) is 19.9 Å². The third-order valence-corrected chi connectivity index (χ3v) is 6.24. The molecule has 170 valence electrons. The number of H-pyrrole nitrogens is 2. The molecule has 2 aromatic heterocycles. The van der Waals surface area contributed by atoms with Crippen LogP contribution in [0.1, 0.15) is 49.0 Å². The summed E-state index contributed by atoms with van der Waals surface area (Å²) in [5, 5.41) is 1.15. The minimum atomic E-state index is -0.171. The summed E-state index contributed by atoms with van der Waals surface area (Å²) in [5.41, 5.74) is 4.99. The van der Waals surface area contributed by atoms with Crippen molar-refractivity contribution in [3.8, 4) is 5.75 Å². The molecular weight excluding hydrogens is 412 g/mol. The summed E-state index contributed by atoms with van der Waals surface area (Å²) in [6.45, 7) is 9.01. The summed E-state index contributed by atoms with van der Waals surface area (Å²) in [7, 11) is 0. The van der Waals surface area contributed by atoms with Crippen LogP contribution in [-0.2, 0) is 31.5 Å². The maximum atomic E-state index is 12.8. The van der Waals surface area contributed by atoms with Crippen LogP contribution in [-0.4, -0.2) is 26.4 Å². The molecule has 2 N–H and O–H groups in total. The molecule has 33 heavy (non-hydrogen) atoms. The van der Waals surface area contributed by atoms with Crippen LogP contribution in [0.4, 0.5) is 0 Å². The molecule has 3 heterocycles. The van der Waals surface area contributed by atoms with E-state index in [1.165, 1.54) is 5.56 Å². The van der Waals surface area contributed by atoms with Gasteiger partial charge in [0.05, 0.1) is 11.3 Å². The Hall–Kier alpha value is -3.38. The van der Waals surface area contributed by atoms with Crippen LogP contribution >= 0.6 is 0 Å². The third kappa shape index (κ3) is 4.57. The Morgan fingerprint density at radius 1 is 1.12 bits per heavy atom. The van der Waals surface area contributed by atoms with Crippen molar-refractivity contribution in [2.45, 2.75) is 52.3 Å². The molecular formula is C27H30N4O2.